The average molecular weight is 343 g/mol. The van der Waals surface area contributed by atoms with Gasteiger partial charge in [-0.1, -0.05) is 35.0 Å². The predicted octanol–water partition coefficient (Wildman–Crippen LogP) is 2.75. The second kappa shape index (κ2) is 6.68. The number of hydrogen-bond acceptors (Lipinski definition) is 4. The molecule has 0 spiro atoms. The molecular formula is C17H15F2N5O. The van der Waals surface area contributed by atoms with Crippen LogP contribution in [0.5, 0.6) is 0 Å². The van der Waals surface area contributed by atoms with Crippen molar-refractivity contribution < 1.29 is 13.6 Å². The van der Waals surface area contributed by atoms with Crippen LogP contribution in [0.25, 0.3) is 0 Å². The maximum Gasteiger partial charge on any atom is 0.280 e. The Morgan fingerprint density at radius 2 is 1.92 bits per heavy atom. The van der Waals surface area contributed by atoms with Gasteiger partial charge in [-0.2, -0.15) is 0 Å². The number of nitrogens with zero attached hydrogens (tertiary/aromatic N) is 3. The van der Waals surface area contributed by atoms with Gasteiger partial charge in [0, 0.05) is 6.07 Å². The van der Waals surface area contributed by atoms with Crippen molar-refractivity contribution in [3.63, 3.8) is 0 Å². The molecule has 6 nitrogen and oxygen atoms in total. The van der Waals surface area contributed by atoms with Crippen LogP contribution in [0.4, 0.5) is 20.3 Å². The topological polar surface area (TPSA) is 85.8 Å². The first-order valence-corrected chi connectivity index (χ1v) is 7.45. The first-order valence-electron chi connectivity index (χ1n) is 7.45. The van der Waals surface area contributed by atoms with Gasteiger partial charge in [0.05, 0.1) is 12.2 Å². The van der Waals surface area contributed by atoms with Crippen LogP contribution in [0.1, 0.15) is 21.6 Å². The summed E-state index contributed by atoms with van der Waals surface area (Å²) >= 11 is 0. The van der Waals surface area contributed by atoms with Crippen molar-refractivity contribution in [2.75, 3.05) is 11.1 Å². The number of nitrogens with one attached hydrogen (secondary N) is 1. The van der Waals surface area contributed by atoms with Crippen molar-refractivity contribution in [3.05, 3.63) is 70.9 Å². The molecule has 0 bridgehead atoms. The Kier molecular flexibility index (Phi) is 4.42. The Labute approximate surface area is 142 Å². The van der Waals surface area contributed by atoms with E-state index in [4.69, 9.17) is 5.73 Å². The number of benzene rings is 2. The molecule has 0 saturated carbocycles. The summed E-state index contributed by atoms with van der Waals surface area (Å²) in [6, 6.07) is 10.6. The standard InChI is InChI=1S/C17H15F2N5O/c1-10-2-4-11(5-3-10)9-24-16(20)15(22-23-24)17(25)21-14-7-6-12(18)8-13(14)19/h2-8H,9,20H2,1H3,(H,21,25). The third-order valence-electron chi connectivity index (χ3n) is 3.62. The predicted molar refractivity (Wildman–Crippen MR) is 89.0 cm³/mol. The highest BCUT2D eigenvalue weighted by Gasteiger charge is 2.19. The van der Waals surface area contributed by atoms with Crippen molar-refractivity contribution in [3.8, 4) is 0 Å². The number of carbonyl (C=O) groups is 1. The molecule has 0 atom stereocenters. The summed E-state index contributed by atoms with van der Waals surface area (Å²) in [6.07, 6.45) is 0. The smallest absolute Gasteiger partial charge is 0.280 e. The largest absolute Gasteiger partial charge is 0.382 e. The van der Waals surface area contributed by atoms with Crippen molar-refractivity contribution >= 4 is 17.4 Å². The van der Waals surface area contributed by atoms with Gasteiger partial charge in [-0.05, 0) is 24.6 Å². The number of rotatable bonds is 4. The van der Waals surface area contributed by atoms with Gasteiger partial charge < -0.3 is 11.1 Å². The second-order valence-corrected chi connectivity index (χ2v) is 5.54. The molecule has 0 unspecified atom stereocenters. The van der Waals surface area contributed by atoms with E-state index in [0.717, 1.165) is 23.3 Å². The summed E-state index contributed by atoms with van der Waals surface area (Å²) in [4.78, 5) is 12.2. The number of hydrogen-bond donors (Lipinski definition) is 2. The Balaban J connectivity index is 1.77. The summed E-state index contributed by atoms with van der Waals surface area (Å²) in [6.45, 7) is 2.32. The maximum atomic E-state index is 13.6. The van der Waals surface area contributed by atoms with Gasteiger partial charge in [-0.15, -0.1) is 5.10 Å². The van der Waals surface area contributed by atoms with Crippen LogP contribution in [-0.4, -0.2) is 20.9 Å². The summed E-state index contributed by atoms with van der Waals surface area (Å²) in [7, 11) is 0. The lowest BCUT2D eigenvalue weighted by atomic mass is 10.1. The quantitative estimate of drug-likeness (QED) is 0.763. The number of aromatic nitrogens is 3. The third kappa shape index (κ3) is 3.63. The van der Waals surface area contributed by atoms with Crippen molar-refractivity contribution in [1.82, 2.24) is 15.0 Å². The zero-order valence-corrected chi connectivity index (χ0v) is 13.3. The van der Waals surface area contributed by atoms with E-state index in [0.29, 0.717) is 12.6 Å². The van der Waals surface area contributed by atoms with Crippen LogP contribution < -0.4 is 11.1 Å². The summed E-state index contributed by atoms with van der Waals surface area (Å²) in [5.74, 6) is -2.29. The Hall–Kier alpha value is -3.29. The zero-order chi connectivity index (χ0) is 18.0. The number of nitrogen functional groups attached to an aromatic ring is 1. The molecule has 1 amide bonds. The fourth-order valence-electron chi connectivity index (χ4n) is 2.24. The molecule has 2 aromatic carbocycles. The lowest BCUT2D eigenvalue weighted by molar-refractivity contribution is 0.102. The van der Waals surface area contributed by atoms with Crippen LogP contribution in [0.2, 0.25) is 0 Å². The first-order chi connectivity index (χ1) is 11.9. The normalized spacial score (nSPS) is 10.7. The van der Waals surface area contributed by atoms with Gasteiger partial charge in [0.2, 0.25) is 0 Å². The van der Waals surface area contributed by atoms with E-state index in [9.17, 15) is 13.6 Å². The molecule has 128 valence electrons. The van der Waals surface area contributed by atoms with Crippen molar-refractivity contribution in [2.45, 2.75) is 13.5 Å². The van der Waals surface area contributed by atoms with Gasteiger partial charge in [-0.25, -0.2) is 13.5 Å². The highest BCUT2D eigenvalue weighted by Crippen LogP contribution is 2.18. The third-order valence-corrected chi connectivity index (χ3v) is 3.62. The van der Waals surface area contributed by atoms with E-state index in [-0.39, 0.29) is 17.2 Å². The highest BCUT2D eigenvalue weighted by molar-refractivity contribution is 6.05. The molecule has 1 heterocycles. The molecule has 3 aromatic rings. The SMILES string of the molecule is Cc1ccc(Cn2nnc(C(=O)Nc3ccc(F)cc3F)c2N)cc1. The van der Waals surface area contributed by atoms with Crippen LogP contribution in [-0.2, 0) is 6.54 Å². The minimum atomic E-state index is -0.890. The van der Waals surface area contributed by atoms with Crippen LogP contribution in [0.15, 0.2) is 42.5 Å². The van der Waals surface area contributed by atoms with E-state index in [1.54, 1.807) is 0 Å². The fourth-order valence-corrected chi connectivity index (χ4v) is 2.24. The number of carbonyl (C=O) groups excluding carboxylic acids is 1. The number of aryl methyl sites for hydroxylation is 1. The minimum absolute atomic E-state index is 0.0561. The molecule has 8 heteroatoms. The molecule has 0 saturated heterocycles. The fraction of sp³-hybridized carbons (Fsp3) is 0.118. The van der Waals surface area contributed by atoms with E-state index in [1.165, 1.54) is 4.68 Å². The Morgan fingerprint density at radius 3 is 2.60 bits per heavy atom. The molecule has 0 aliphatic carbocycles. The van der Waals surface area contributed by atoms with Gasteiger partial charge in [-0.3, -0.25) is 4.79 Å². The van der Waals surface area contributed by atoms with Crippen molar-refractivity contribution in [1.29, 1.82) is 0 Å². The molecule has 0 radical (unpaired) electrons. The monoisotopic (exact) mass is 343 g/mol. The molecule has 0 aliphatic heterocycles. The number of amides is 1. The molecular weight excluding hydrogens is 328 g/mol. The highest BCUT2D eigenvalue weighted by atomic mass is 19.1. The number of anilines is 2. The van der Waals surface area contributed by atoms with Crippen LogP contribution in [0.3, 0.4) is 0 Å². The van der Waals surface area contributed by atoms with Gasteiger partial charge in [0.15, 0.2) is 11.5 Å². The summed E-state index contributed by atoms with van der Waals surface area (Å²) in [5.41, 5.74) is 7.69. The lowest BCUT2D eigenvalue weighted by Gasteiger charge is -2.06. The molecule has 3 rings (SSSR count). The first kappa shape index (κ1) is 16.6. The number of halogens is 2. The van der Waals surface area contributed by atoms with E-state index < -0.39 is 17.5 Å². The summed E-state index contributed by atoms with van der Waals surface area (Å²) in [5, 5.41) is 9.91. The molecule has 1 aromatic heterocycles. The average Bonchev–Trinajstić information content (AvgIpc) is 2.93. The Bertz CT molecular complexity index is 921. The van der Waals surface area contributed by atoms with Gasteiger partial charge >= 0.3 is 0 Å². The van der Waals surface area contributed by atoms with Gasteiger partial charge in [0.25, 0.3) is 5.91 Å². The van der Waals surface area contributed by atoms with E-state index >= 15 is 0 Å². The molecule has 3 N–H and O–H groups in total. The van der Waals surface area contributed by atoms with E-state index in [2.05, 4.69) is 15.6 Å². The lowest BCUT2D eigenvalue weighted by Crippen LogP contribution is -2.16. The number of nitrogens with two attached hydrogens (primary N) is 1. The van der Waals surface area contributed by atoms with Crippen molar-refractivity contribution in [2.24, 2.45) is 0 Å². The van der Waals surface area contributed by atoms with Crippen LogP contribution >= 0.6 is 0 Å². The minimum Gasteiger partial charge on any atom is -0.382 e. The molecule has 0 aliphatic rings. The van der Waals surface area contributed by atoms with Gasteiger partial charge in [0.1, 0.15) is 11.6 Å². The molecule has 0 fully saturated rings. The summed E-state index contributed by atoms with van der Waals surface area (Å²) < 4.78 is 27.9. The Morgan fingerprint density at radius 1 is 1.20 bits per heavy atom. The zero-order valence-electron chi connectivity index (χ0n) is 13.3. The van der Waals surface area contributed by atoms with Crippen LogP contribution in [0, 0.1) is 18.6 Å². The second-order valence-electron chi connectivity index (χ2n) is 5.54. The molecule has 25 heavy (non-hydrogen) atoms. The maximum absolute atomic E-state index is 13.6. The van der Waals surface area contributed by atoms with E-state index in [1.807, 2.05) is 31.2 Å².